The second-order valence-electron chi connectivity index (χ2n) is 5.15. The van der Waals surface area contributed by atoms with Gasteiger partial charge < -0.3 is 5.32 Å². The molecule has 4 nitrogen and oxygen atoms in total. The fourth-order valence-electron chi connectivity index (χ4n) is 1.84. The Balaban J connectivity index is 2.10. The molecule has 1 amide bonds. The van der Waals surface area contributed by atoms with Crippen LogP contribution in [0.3, 0.4) is 0 Å². The third kappa shape index (κ3) is 4.37. The van der Waals surface area contributed by atoms with E-state index >= 15 is 0 Å². The zero-order valence-electron chi connectivity index (χ0n) is 13.3. The monoisotopic (exact) mass is 369 g/mol. The lowest BCUT2D eigenvalue weighted by Gasteiger charge is -2.13. The maximum atomic E-state index is 12.3. The first kappa shape index (κ1) is 18.0. The lowest BCUT2D eigenvalue weighted by Crippen LogP contribution is -2.23. The highest BCUT2D eigenvalue weighted by Gasteiger charge is 2.18. The normalized spacial score (nSPS) is 12.1. The van der Waals surface area contributed by atoms with Crippen LogP contribution in [0.5, 0.6) is 0 Å². The highest BCUT2D eigenvalue weighted by atomic mass is 35.5. The Bertz CT molecular complexity index is 729. The Morgan fingerprint density at radius 2 is 1.78 bits per heavy atom. The number of amides is 1. The molecule has 0 spiro atoms. The maximum absolute atomic E-state index is 12.3. The van der Waals surface area contributed by atoms with E-state index in [-0.39, 0.29) is 11.2 Å². The zero-order valence-corrected chi connectivity index (χ0v) is 15.6. The molecule has 0 unspecified atom stereocenters. The van der Waals surface area contributed by atoms with E-state index in [9.17, 15) is 4.79 Å². The highest BCUT2D eigenvalue weighted by Crippen LogP contribution is 2.30. The number of carbonyl (C=O) groups is 1. The molecule has 0 fully saturated rings. The first-order chi connectivity index (χ1) is 10.8. The molecule has 0 saturated carbocycles. The van der Waals surface area contributed by atoms with Crippen molar-refractivity contribution in [3.05, 3.63) is 45.2 Å². The summed E-state index contributed by atoms with van der Waals surface area (Å²) in [6.45, 7) is 7.65. The van der Waals surface area contributed by atoms with Gasteiger partial charge >= 0.3 is 0 Å². The van der Waals surface area contributed by atoms with Gasteiger partial charge in [0.2, 0.25) is 5.91 Å². The van der Waals surface area contributed by atoms with Gasteiger partial charge in [-0.3, -0.25) is 4.79 Å². The summed E-state index contributed by atoms with van der Waals surface area (Å²) in [7, 11) is 0. The van der Waals surface area contributed by atoms with Crippen LogP contribution < -0.4 is 5.32 Å². The fraction of sp³-hybridized carbons (Fsp3) is 0.312. The van der Waals surface area contributed by atoms with Gasteiger partial charge in [0.1, 0.15) is 0 Å². The Kier molecular flexibility index (Phi) is 5.89. The smallest absolute Gasteiger partial charge is 0.237 e. The number of halogens is 2. The van der Waals surface area contributed by atoms with Crippen molar-refractivity contribution in [3.63, 3.8) is 0 Å². The van der Waals surface area contributed by atoms with Crippen molar-refractivity contribution < 1.29 is 4.79 Å². The van der Waals surface area contributed by atoms with Gasteiger partial charge in [0.25, 0.3) is 0 Å². The summed E-state index contributed by atoms with van der Waals surface area (Å²) in [5, 5.41) is 3.73. The van der Waals surface area contributed by atoms with Crippen LogP contribution in [0.15, 0.2) is 23.4 Å². The molecule has 2 rings (SSSR count). The minimum absolute atomic E-state index is 0.182. The molecule has 2 aromatic rings. The van der Waals surface area contributed by atoms with Gasteiger partial charge in [-0.1, -0.05) is 41.0 Å². The predicted octanol–water partition coefficient (Wildman–Crippen LogP) is 4.83. The summed E-state index contributed by atoms with van der Waals surface area (Å²) in [6.07, 6.45) is 0. The van der Waals surface area contributed by atoms with E-state index < -0.39 is 0 Å². The molecule has 0 aliphatic heterocycles. The van der Waals surface area contributed by atoms with Crippen molar-refractivity contribution in [1.82, 2.24) is 9.97 Å². The summed E-state index contributed by atoms with van der Waals surface area (Å²) in [5.74, 6) is -0.182. The van der Waals surface area contributed by atoms with Crippen molar-refractivity contribution >= 4 is 46.6 Å². The Morgan fingerprint density at radius 1 is 1.17 bits per heavy atom. The summed E-state index contributed by atoms with van der Waals surface area (Å²) in [5.41, 5.74) is 3.40. The average molecular weight is 370 g/mol. The number of nitrogens with one attached hydrogen (secondary N) is 1. The molecule has 0 aliphatic rings. The summed E-state index contributed by atoms with van der Waals surface area (Å²) < 4.78 is 0. The Morgan fingerprint density at radius 3 is 2.39 bits per heavy atom. The van der Waals surface area contributed by atoms with E-state index in [1.54, 1.807) is 25.1 Å². The molecule has 0 radical (unpaired) electrons. The first-order valence-corrected chi connectivity index (χ1v) is 8.66. The molecular weight excluding hydrogens is 353 g/mol. The Labute approximate surface area is 150 Å². The molecule has 7 heteroatoms. The molecule has 23 heavy (non-hydrogen) atoms. The van der Waals surface area contributed by atoms with Crippen LogP contribution in [0.2, 0.25) is 10.0 Å². The second kappa shape index (κ2) is 7.51. The molecule has 1 aromatic heterocycles. The molecule has 1 N–H and O–H groups in total. The molecule has 1 heterocycles. The lowest BCUT2D eigenvalue weighted by molar-refractivity contribution is -0.115. The summed E-state index contributed by atoms with van der Waals surface area (Å²) in [6, 6.07) is 5.11. The van der Waals surface area contributed by atoms with Crippen LogP contribution in [0.1, 0.15) is 23.9 Å². The molecular formula is C16H17Cl2N3OS. The van der Waals surface area contributed by atoms with E-state index in [4.69, 9.17) is 23.2 Å². The van der Waals surface area contributed by atoms with E-state index in [0.29, 0.717) is 20.9 Å². The molecule has 0 aliphatic carbocycles. The van der Waals surface area contributed by atoms with Crippen LogP contribution in [-0.4, -0.2) is 21.1 Å². The van der Waals surface area contributed by atoms with Gasteiger partial charge in [-0.05, 0) is 45.4 Å². The third-order valence-electron chi connectivity index (χ3n) is 3.47. The van der Waals surface area contributed by atoms with E-state index in [1.165, 1.54) is 11.8 Å². The number of hydrogen-bond donors (Lipinski definition) is 1. The number of rotatable bonds is 4. The summed E-state index contributed by atoms with van der Waals surface area (Å²) in [4.78, 5) is 21.2. The van der Waals surface area contributed by atoms with Crippen LogP contribution in [0.4, 0.5) is 5.69 Å². The molecule has 0 saturated heterocycles. The van der Waals surface area contributed by atoms with Crippen LogP contribution >= 0.6 is 35.0 Å². The summed E-state index contributed by atoms with van der Waals surface area (Å²) >= 11 is 13.3. The number of carbonyl (C=O) groups excluding carboxylic acids is 1. The van der Waals surface area contributed by atoms with Crippen molar-refractivity contribution in [3.8, 4) is 0 Å². The highest BCUT2D eigenvalue weighted by molar-refractivity contribution is 8.00. The van der Waals surface area contributed by atoms with Crippen molar-refractivity contribution in [1.29, 1.82) is 0 Å². The van der Waals surface area contributed by atoms with E-state index in [1.807, 2.05) is 20.8 Å². The predicted molar refractivity (Wildman–Crippen MR) is 96.7 cm³/mol. The zero-order chi connectivity index (χ0) is 17.1. The number of anilines is 1. The number of benzene rings is 1. The van der Waals surface area contributed by atoms with Gasteiger partial charge in [-0.15, -0.1) is 0 Å². The van der Waals surface area contributed by atoms with Crippen molar-refractivity contribution in [2.45, 2.75) is 38.1 Å². The van der Waals surface area contributed by atoms with Crippen LogP contribution in [0, 0.1) is 20.8 Å². The standard InChI is InChI=1S/C16H17Cl2N3OS/c1-8-9(2)19-16(20-10(8)3)23-11(4)15(22)21-13-7-5-6-12(17)14(13)18/h5-7,11H,1-4H3,(H,21,22)/t11-/m1/s1. The number of hydrogen-bond acceptors (Lipinski definition) is 4. The Hall–Kier alpha value is -1.30. The van der Waals surface area contributed by atoms with Crippen molar-refractivity contribution in [2.24, 2.45) is 0 Å². The number of thioether (sulfide) groups is 1. The third-order valence-corrected chi connectivity index (χ3v) is 5.25. The number of aryl methyl sites for hydroxylation is 2. The van der Waals surface area contributed by atoms with Crippen LogP contribution in [0.25, 0.3) is 0 Å². The van der Waals surface area contributed by atoms with Crippen molar-refractivity contribution in [2.75, 3.05) is 5.32 Å². The minimum Gasteiger partial charge on any atom is -0.324 e. The topological polar surface area (TPSA) is 54.9 Å². The average Bonchev–Trinajstić information content (AvgIpc) is 2.49. The second-order valence-corrected chi connectivity index (χ2v) is 7.25. The molecule has 1 atom stereocenters. The van der Waals surface area contributed by atoms with E-state index in [2.05, 4.69) is 15.3 Å². The first-order valence-electron chi connectivity index (χ1n) is 7.03. The molecule has 0 bridgehead atoms. The quantitative estimate of drug-likeness (QED) is 0.619. The van der Waals surface area contributed by atoms with Crippen LogP contribution in [-0.2, 0) is 4.79 Å². The SMILES string of the molecule is Cc1nc(S[C@H](C)C(=O)Nc2cccc(Cl)c2Cl)nc(C)c1C. The van der Waals surface area contributed by atoms with Gasteiger partial charge in [-0.25, -0.2) is 9.97 Å². The van der Waals surface area contributed by atoms with E-state index in [0.717, 1.165) is 17.0 Å². The largest absolute Gasteiger partial charge is 0.324 e. The van der Waals surface area contributed by atoms with Gasteiger partial charge in [0.15, 0.2) is 5.16 Å². The molecule has 122 valence electrons. The van der Waals surface area contributed by atoms with Gasteiger partial charge in [-0.2, -0.15) is 0 Å². The number of nitrogens with zero attached hydrogens (tertiary/aromatic N) is 2. The minimum atomic E-state index is -0.369. The molecule has 1 aromatic carbocycles. The maximum Gasteiger partial charge on any atom is 0.237 e. The number of aromatic nitrogens is 2. The fourth-order valence-corrected chi connectivity index (χ4v) is 3.05. The lowest BCUT2D eigenvalue weighted by atomic mass is 10.2. The van der Waals surface area contributed by atoms with Gasteiger partial charge in [0, 0.05) is 11.4 Å². The van der Waals surface area contributed by atoms with Gasteiger partial charge in [0.05, 0.1) is 21.0 Å².